The molecule has 1 aromatic carbocycles. The van der Waals surface area contributed by atoms with Gasteiger partial charge in [0.15, 0.2) is 17.5 Å². The van der Waals surface area contributed by atoms with Crippen molar-refractivity contribution >= 4 is 17.7 Å². The zero-order chi connectivity index (χ0) is 32.0. The van der Waals surface area contributed by atoms with Gasteiger partial charge in [-0.05, 0) is 44.7 Å². The number of benzene rings is 1. The summed E-state index contributed by atoms with van der Waals surface area (Å²) in [5, 5.41) is 39.6. The Balaban J connectivity index is 1.48. The van der Waals surface area contributed by atoms with Crippen molar-refractivity contribution in [3.8, 4) is 11.3 Å². The molecule has 0 unspecified atom stereocenters. The molecule has 2 aromatic rings. The Hall–Kier alpha value is -2.37. The molecular formula is C28H35F5N4O6S. The summed E-state index contributed by atoms with van der Waals surface area (Å²) in [5.41, 5.74) is -3.12. The molecule has 244 valence electrons. The van der Waals surface area contributed by atoms with Crippen LogP contribution >= 0.6 is 11.8 Å². The summed E-state index contributed by atoms with van der Waals surface area (Å²) < 4.78 is 82.4. The lowest BCUT2D eigenvalue weighted by atomic mass is 9.80. The fraction of sp³-hybridized carbons (Fsp3) is 0.679. The minimum atomic E-state index is -2.97. The predicted molar refractivity (Wildman–Crippen MR) is 147 cm³/mol. The molecule has 6 atom stereocenters. The SMILES string of the molecule is CCN(C(=O)[C@H](S[C@@H]1O[C@H](CO)[C@H](O)[C@H](n2cc(-c3cc(F)c(F)c(F)c3)nn2)[C@H]1OC)C1(O)CCC(F)(F)CC1)C1CC1. The molecule has 0 bridgehead atoms. The van der Waals surface area contributed by atoms with Crippen LogP contribution in [0, 0.1) is 17.5 Å². The van der Waals surface area contributed by atoms with E-state index in [4.69, 9.17) is 9.47 Å². The quantitative estimate of drug-likeness (QED) is 0.263. The summed E-state index contributed by atoms with van der Waals surface area (Å²) in [6.45, 7) is 1.47. The van der Waals surface area contributed by atoms with E-state index in [1.54, 1.807) is 11.8 Å². The highest BCUT2D eigenvalue weighted by atomic mass is 32.2. The molecule has 3 aliphatic rings. The highest BCUT2D eigenvalue weighted by molar-refractivity contribution is 8.01. The number of carbonyl (C=O) groups is 1. The Morgan fingerprint density at radius 3 is 2.39 bits per heavy atom. The van der Waals surface area contributed by atoms with Crippen molar-refractivity contribution in [2.75, 3.05) is 20.3 Å². The van der Waals surface area contributed by atoms with Crippen molar-refractivity contribution in [2.24, 2.45) is 0 Å². The second-order valence-electron chi connectivity index (χ2n) is 11.6. The van der Waals surface area contributed by atoms with Crippen LogP contribution in [0.3, 0.4) is 0 Å². The number of carbonyl (C=O) groups excluding carboxylic acids is 1. The number of aromatic nitrogens is 3. The number of methoxy groups -OCH3 is 1. The molecule has 44 heavy (non-hydrogen) atoms. The van der Waals surface area contributed by atoms with Crippen LogP contribution in [0.1, 0.15) is 51.5 Å². The Morgan fingerprint density at radius 1 is 1.20 bits per heavy atom. The third kappa shape index (κ3) is 6.47. The van der Waals surface area contributed by atoms with E-state index in [1.165, 1.54) is 13.3 Å². The Labute approximate surface area is 254 Å². The number of ether oxygens (including phenoxy) is 2. The fourth-order valence-corrected chi connectivity index (χ4v) is 7.62. The van der Waals surface area contributed by atoms with Crippen molar-refractivity contribution in [2.45, 2.75) is 98.1 Å². The number of hydrogen-bond acceptors (Lipinski definition) is 9. The number of halogens is 5. The van der Waals surface area contributed by atoms with E-state index in [2.05, 4.69) is 10.3 Å². The number of nitrogens with zero attached hydrogens (tertiary/aromatic N) is 4. The van der Waals surface area contributed by atoms with E-state index >= 15 is 0 Å². The Morgan fingerprint density at radius 2 is 1.84 bits per heavy atom. The third-order valence-corrected chi connectivity index (χ3v) is 10.2. The highest BCUT2D eigenvalue weighted by Crippen LogP contribution is 2.48. The largest absolute Gasteiger partial charge is 0.394 e. The van der Waals surface area contributed by atoms with Crippen LogP contribution in [-0.4, -0.2) is 108 Å². The van der Waals surface area contributed by atoms with Crippen molar-refractivity contribution in [3.63, 3.8) is 0 Å². The molecule has 10 nitrogen and oxygen atoms in total. The summed E-state index contributed by atoms with van der Waals surface area (Å²) in [5.74, 6) is -7.93. The van der Waals surface area contributed by atoms with Gasteiger partial charge in [0.1, 0.15) is 40.7 Å². The molecule has 3 fully saturated rings. The van der Waals surface area contributed by atoms with Gasteiger partial charge in [-0.1, -0.05) is 5.21 Å². The molecular weight excluding hydrogens is 615 g/mol. The molecule has 1 saturated heterocycles. The topological polar surface area (TPSA) is 130 Å². The van der Waals surface area contributed by atoms with Crippen molar-refractivity contribution < 1.29 is 51.5 Å². The number of hydrogen-bond donors (Lipinski definition) is 3. The van der Waals surface area contributed by atoms with Crippen LogP contribution in [0.4, 0.5) is 22.0 Å². The number of amides is 1. The smallest absolute Gasteiger partial charge is 0.248 e. The van der Waals surface area contributed by atoms with Crippen LogP contribution in [0.25, 0.3) is 11.3 Å². The maximum Gasteiger partial charge on any atom is 0.248 e. The summed E-state index contributed by atoms with van der Waals surface area (Å²) >= 11 is 0.871. The van der Waals surface area contributed by atoms with Crippen LogP contribution in [0.5, 0.6) is 0 Å². The van der Waals surface area contributed by atoms with E-state index in [-0.39, 0.29) is 30.1 Å². The zero-order valence-corrected chi connectivity index (χ0v) is 24.9. The van der Waals surface area contributed by atoms with Crippen molar-refractivity contribution in [3.05, 3.63) is 35.8 Å². The van der Waals surface area contributed by atoms with Crippen molar-refractivity contribution in [1.29, 1.82) is 0 Å². The van der Waals surface area contributed by atoms with Gasteiger partial charge in [0.05, 0.1) is 18.4 Å². The van der Waals surface area contributed by atoms with E-state index in [1.807, 2.05) is 0 Å². The molecule has 0 spiro atoms. The lowest BCUT2D eigenvalue weighted by Crippen LogP contribution is -2.59. The van der Waals surface area contributed by atoms with E-state index in [0.717, 1.165) is 41.4 Å². The van der Waals surface area contributed by atoms with E-state index in [0.29, 0.717) is 6.54 Å². The number of aliphatic hydroxyl groups excluding tert-OH is 2. The van der Waals surface area contributed by atoms with E-state index in [9.17, 15) is 42.1 Å². The average molecular weight is 651 g/mol. The molecule has 2 saturated carbocycles. The fourth-order valence-electron chi connectivity index (χ4n) is 5.97. The van der Waals surface area contributed by atoms with Gasteiger partial charge in [-0.15, -0.1) is 16.9 Å². The summed E-state index contributed by atoms with van der Waals surface area (Å²) in [7, 11) is 1.30. The average Bonchev–Trinajstić information content (AvgIpc) is 3.71. The molecule has 1 amide bonds. The number of rotatable bonds is 10. The first-order valence-corrected chi connectivity index (χ1v) is 15.4. The lowest BCUT2D eigenvalue weighted by Gasteiger charge is -2.47. The Bertz CT molecular complexity index is 1320. The molecule has 16 heteroatoms. The van der Waals surface area contributed by atoms with Gasteiger partial charge in [0, 0.05) is 38.1 Å². The molecule has 2 aliphatic carbocycles. The standard InChI is InChI=1S/C28H35F5N4O6S/c1-3-36(15-4-5-15)25(40)24(27(41)6-8-28(32,33)9-7-27)44-26-23(42-2)21(22(39)19(13-38)43-26)37-12-18(34-35-37)14-10-16(29)20(31)17(30)11-14/h10-12,15,19,21-24,26,38-39,41H,3-9,13H2,1-2H3/t19-,21+,22+,23-,24+,26+/m1/s1. The second-order valence-corrected chi connectivity index (χ2v) is 12.8. The highest BCUT2D eigenvalue weighted by Gasteiger charge is 2.55. The predicted octanol–water partition coefficient (Wildman–Crippen LogP) is 3.05. The van der Waals surface area contributed by atoms with E-state index < -0.39 is 89.4 Å². The number of thioether (sulfide) groups is 1. The van der Waals surface area contributed by atoms with Crippen LogP contribution in [0.15, 0.2) is 18.3 Å². The normalized spacial score (nSPS) is 28.9. The molecule has 3 N–H and O–H groups in total. The van der Waals surface area contributed by atoms with Gasteiger partial charge in [-0.25, -0.2) is 26.6 Å². The minimum absolute atomic E-state index is 0.0239. The van der Waals surface area contributed by atoms with Gasteiger partial charge < -0.3 is 29.7 Å². The monoisotopic (exact) mass is 650 g/mol. The van der Waals surface area contributed by atoms with Gasteiger partial charge in [-0.2, -0.15) is 0 Å². The third-order valence-electron chi connectivity index (χ3n) is 8.63. The van der Waals surface area contributed by atoms with Crippen LogP contribution in [0.2, 0.25) is 0 Å². The molecule has 1 aromatic heterocycles. The van der Waals surface area contributed by atoms with Crippen molar-refractivity contribution in [1.82, 2.24) is 19.9 Å². The zero-order valence-electron chi connectivity index (χ0n) is 24.1. The van der Waals surface area contributed by atoms with Gasteiger partial charge in [0.2, 0.25) is 11.8 Å². The van der Waals surface area contributed by atoms with Gasteiger partial charge in [-0.3, -0.25) is 4.79 Å². The summed E-state index contributed by atoms with van der Waals surface area (Å²) in [6, 6.07) is 0.316. The second kappa shape index (κ2) is 12.8. The first-order chi connectivity index (χ1) is 20.8. The van der Waals surface area contributed by atoms with Crippen LogP contribution < -0.4 is 0 Å². The van der Waals surface area contributed by atoms with Gasteiger partial charge >= 0.3 is 0 Å². The first kappa shape index (κ1) is 33.0. The van der Waals surface area contributed by atoms with Crippen LogP contribution in [-0.2, 0) is 14.3 Å². The molecule has 5 rings (SSSR count). The lowest BCUT2D eigenvalue weighted by molar-refractivity contribution is -0.186. The molecule has 0 radical (unpaired) electrons. The molecule has 2 heterocycles. The maximum absolute atomic E-state index is 14.1. The minimum Gasteiger partial charge on any atom is -0.394 e. The maximum atomic E-state index is 14.1. The summed E-state index contributed by atoms with van der Waals surface area (Å²) in [6.07, 6.45) is -2.84. The summed E-state index contributed by atoms with van der Waals surface area (Å²) in [4.78, 5) is 15.6. The Kier molecular flexibility index (Phi) is 9.60. The molecule has 1 aliphatic heterocycles. The number of alkyl halides is 2. The number of aliphatic hydroxyl groups is 3. The van der Waals surface area contributed by atoms with Gasteiger partial charge in [0.25, 0.3) is 0 Å². The first-order valence-electron chi connectivity index (χ1n) is 14.4.